The number of aldehydes is 1. The lowest BCUT2D eigenvalue weighted by molar-refractivity contribution is 0.111. The first-order chi connectivity index (χ1) is 6.40. The van der Waals surface area contributed by atoms with Crippen LogP contribution in [0.2, 0.25) is 0 Å². The predicted octanol–water partition coefficient (Wildman–Crippen LogP) is 1.89. The molecule has 0 saturated carbocycles. The van der Waals surface area contributed by atoms with Crippen LogP contribution in [0.1, 0.15) is 10.5 Å². The summed E-state index contributed by atoms with van der Waals surface area (Å²) in [4.78, 5) is 17.4. The van der Waals surface area contributed by atoms with Crippen LogP contribution < -0.4 is 0 Å². The molecule has 0 radical (unpaired) electrons. The zero-order valence-electron chi connectivity index (χ0n) is 6.90. The van der Waals surface area contributed by atoms with Gasteiger partial charge in [-0.3, -0.25) is 9.78 Å². The van der Waals surface area contributed by atoms with Gasteiger partial charge in [-0.15, -0.1) is 0 Å². The van der Waals surface area contributed by atoms with E-state index in [0.29, 0.717) is 5.69 Å². The summed E-state index contributed by atoms with van der Waals surface area (Å²) in [5.41, 5.74) is 2.48. The number of carbonyl (C=O) groups excluding carboxylic acids is 1. The second-order valence-corrected chi connectivity index (χ2v) is 2.69. The fourth-order valence-corrected chi connectivity index (χ4v) is 1.17. The zero-order valence-corrected chi connectivity index (χ0v) is 6.90. The monoisotopic (exact) mass is 172 g/mol. The Morgan fingerprint density at radius 2 is 2.23 bits per heavy atom. The number of aromatic nitrogens is 2. The van der Waals surface area contributed by atoms with Crippen LogP contribution in [0.25, 0.3) is 11.3 Å². The highest BCUT2D eigenvalue weighted by Crippen LogP contribution is 2.15. The summed E-state index contributed by atoms with van der Waals surface area (Å²) in [6.07, 6.45) is 4.26. The number of hydrogen-bond acceptors (Lipinski definition) is 2. The Balaban J connectivity index is 2.41. The van der Waals surface area contributed by atoms with E-state index >= 15 is 0 Å². The summed E-state index contributed by atoms with van der Waals surface area (Å²) in [6, 6.07) is 7.40. The van der Waals surface area contributed by atoms with Gasteiger partial charge in [-0.25, -0.2) is 0 Å². The van der Waals surface area contributed by atoms with Gasteiger partial charge in [-0.1, -0.05) is 0 Å². The molecule has 2 aromatic heterocycles. The van der Waals surface area contributed by atoms with Crippen molar-refractivity contribution in [3.05, 3.63) is 42.4 Å². The summed E-state index contributed by atoms with van der Waals surface area (Å²) in [7, 11) is 0. The molecule has 0 aliphatic carbocycles. The van der Waals surface area contributed by atoms with Gasteiger partial charge in [-0.05, 0) is 24.3 Å². The second-order valence-electron chi connectivity index (χ2n) is 2.69. The van der Waals surface area contributed by atoms with Crippen LogP contribution >= 0.6 is 0 Å². The van der Waals surface area contributed by atoms with Gasteiger partial charge < -0.3 is 4.98 Å². The highest BCUT2D eigenvalue weighted by atomic mass is 16.1. The van der Waals surface area contributed by atoms with Gasteiger partial charge in [0.05, 0.1) is 5.69 Å². The van der Waals surface area contributed by atoms with Crippen molar-refractivity contribution in [1.29, 1.82) is 0 Å². The lowest BCUT2D eigenvalue weighted by atomic mass is 10.2. The third kappa shape index (κ3) is 1.49. The van der Waals surface area contributed by atoms with Gasteiger partial charge in [0.15, 0.2) is 6.29 Å². The van der Waals surface area contributed by atoms with Crippen molar-refractivity contribution >= 4 is 6.29 Å². The number of rotatable bonds is 2. The summed E-state index contributed by atoms with van der Waals surface area (Å²) in [5.74, 6) is 0. The maximum absolute atomic E-state index is 10.4. The van der Waals surface area contributed by atoms with Crippen LogP contribution in [-0.2, 0) is 0 Å². The number of carbonyl (C=O) groups is 1. The molecular formula is C10H8N2O. The summed E-state index contributed by atoms with van der Waals surface area (Å²) >= 11 is 0. The maximum Gasteiger partial charge on any atom is 0.166 e. The first-order valence-electron chi connectivity index (χ1n) is 3.95. The molecule has 3 nitrogen and oxygen atoms in total. The first kappa shape index (κ1) is 7.73. The highest BCUT2D eigenvalue weighted by Gasteiger charge is 1.99. The number of H-pyrrole nitrogens is 1. The Bertz CT molecular complexity index is 406. The van der Waals surface area contributed by atoms with Gasteiger partial charge in [0.1, 0.15) is 0 Å². The third-order valence-corrected chi connectivity index (χ3v) is 1.81. The quantitative estimate of drug-likeness (QED) is 0.703. The van der Waals surface area contributed by atoms with Crippen LogP contribution in [0.5, 0.6) is 0 Å². The van der Waals surface area contributed by atoms with Crippen molar-refractivity contribution in [3.63, 3.8) is 0 Å². The van der Waals surface area contributed by atoms with Crippen LogP contribution in [0, 0.1) is 0 Å². The van der Waals surface area contributed by atoms with E-state index in [1.54, 1.807) is 18.5 Å². The maximum atomic E-state index is 10.4. The summed E-state index contributed by atoms with van der Waals surface area (Å²) in [6.45, 7) is 0. The standard InChI is InChI=1S/C10H8N2O/c13-7-9-3-4-10(12-9)8-2-1-5-11-6-8/h1-7,12H. The molecule has 64 valence electrons. The van der Waals surface area contributed by atoms with Gasteiger partial charge in [0.25, 0.3) is 0 Å². The number of nitrogens with one attached hydrogen (secondary N) is 1. The molecule has 3 heteroatoms. The largest absolute Gasteiger partial charge is 0.352 e. The third-order valence-electron chi connectivity index (χ3n) is 1.81. The highest BCUT2D eigenvalue weighted by molar-refractivity contribution is 5.75. The van der Waals surface area contributed by atoms with E-state index in [-0.39, 0.29) is 0 Å². The number of aromatic amines is 1. The molecule has 2 heterocycles. The van der Waals surface area contributed by atoms with Gasteiger partial charge >= 0.3 is 0 Å². The van der Waals surface area contributed by atoms with E-state index in [9.17, 15) is 4.79 Å². The Labute approximate surface area is 75.4 Å². The minimum atomic E-state index is 0.582. The molecule has 2 aromatic rings. The van der Waals surface area contributed by atoms with Gasteiger partial charge in [-0.2, -0.15) is 0 Å². The Morgan fingerprint density at radius 3 is 2.85 bits per heavy atom. The second kappa shape index (κ2) is 3.23. The average Bonchev–Trinajstić information content (AvgIpc) is 2.67. The molecule has 13 heavy (non-hydrogen) atoms. The van der Waals surface area contributed by atoms with E-state index in [1.165, 1.54) is 0 Å². The number of hydrogen-bond donors (Lipinski definition) is 1. The molecule has 0 fully saturated rings. The molecule has 0 amide bonds. The van der Waals surface area contributed by atoms with Crippen LogP contribution in [-0.4, -0.2) is 16.3 Å². The van der Waals surface area contributed by atoms with Crippen LogP contribution in [0.3, 0.4) is 0 Å². The first-order valence-corrected chi connectivity index (χ1v) is 3.95. The smallest absolute Gasteiger partial charge is 0.166 e. The fraction of sp³-hybridized carbons (Fsp3) is 0. The van der Waals surface area contributed by atoms with Gasteiger partial charge in [0.2, 0.25) is 0 Å². The summed E-state index contributed by atoms with van der Waals surface area (Å²) in [5, 5.41) is 0. The molecule has 0 spiro atoms. The molecule has 0 aromatic carbocycles. The Hall–Kier alpha value is -1.90. The van der Waals surface area contributed by atoms with Crippen molar-refractivity contribution in [1.82, 2.24) is 9.97 Å². The molecule has 0 aliphatic rings. The average molecular weight is 172 g/mol. The SMILES string of the molecule is O=Cc1ccc(-c2cccnc2)[nH]1. The van der Waals surface area contributed by atoms with Crippen LogP contribution in [0.4, 0.5) is 0 Å². The Morgan fingerprint density at radius 1 is 1.31 bits per heavy atom. The van der Waals surface area contributed by atoms with Crippen molar-refractivity contribution in [3.8, 4) is 11.3 Å². The molecule has 0 aliphatic heterocycles. The number of nitrogens with zero attached hydrogens (tertiary/aromatic N) is 1. The molecular weight excluding hydrogens is 164 g/mol. The van der Waals surface area contributed by atoms with Crippen molar-refractivity contribution < 1.29 is 4.79 Å². The molecule has 0 bridgehead atoms. The van der Waals surface area contributed by atoms with E-state index in [0.717, 1.165) is 17.5 Å². The van der Waals surface area contributed by atoms with E-state index in [2.05, 4.69) is 9.97 Å². The summed E-state index contributed by atoms with van der Waals surface area (Å²) < 4.78 is 0. The van der Waals surface area contributed by atoms with E-state index < -0.39 is 0 Å². The molecule has 1 N–H and O–H groups in total. The minimum Gasteiger partial charge on any atom is -0.352 e. The fourth-order valence-electron chi connectivity index (χ4n) is 1.17. The Kier molecular flexibility index (Phi) is 1.92. The predicted molar refractivity (Wildman–Crippen MR) is 49.4 cm³/mol. The zero-order chi connectivity index (χ0) is 9.10. The van der Waals surface area contributed by atoms with Crippen molar-refractivity contribution in [2.75, 3.05) is 0 Å². The molecule has 0 atom stereocenters. The van der Waals surface area contributed by atoms with Crippen molar-refractivity contribution in [2.45, 2.75) is 0 Å². The number of pyridine rings is 1. The molecule has 2 rings (SSSR count). The minimum absolute atomic E-state index is 0.582. The van der Waals surface area contributed by atoms with Crippen molar-refractivity contribution in [2.24, 2.45) is 0 Å². The van der Waals surface area contributed by atoms with Crippen LogP contribution in [0.15, 0.2) is 36.7 Å². The molecule has 0 saturated heterocycles. The van der Waals surface area contributed by atoms with E-state index in [1.807, 2.05) is 18.2 Å². The normalized spacial score (nSPS) is 9.85. The lowest BCUT2D eigenvalue weighted by Crippen LogP contribution is -1.80. The topological polar surface area (TPSA) is 45.8 Å². The molecule has 0 unspecified atom stereocenters. The lowest BCUT2D eigenvalue weighted by Gasteiger charge is -1.94. The van der Waals surface area contributed by atoms with Gasteiger partial charge in [0, 0.05) is 23.7 Å². The van der Waals surface area contributed by atoms with E-state index in [4.69, 9.17) is 0 Å².